The molecule has 0 aliphatic carbocycles. The molecule has 4 aromatic heterocycles. The first-order chi connectivity index (χ1) is 21.2. The maximum absolute atomic E-state index is 15.9. The number of aromatic amines is 1. The molecular formula is C22H21F3N8O8P2S2. The van der Waals surface area contributed by atoms with Crippen molar-refractivity contribution < 1.29 is 45.5 Å². The number of ether oxygens (including phenoxy) is 1. The van der Waals surface area contributed by atoms with Gasteiger partial charge in [0.05, 0.1) is 31.6 Å². The maximum Gasteiger partial charge on any atom is 0.387 e. The zero-order valence-corrected chi connectivity index (χ0v) is 26.2. The van der Waals surface area contributed by atoms with Crippen molar-refractivity contribution in [2.24, 2.45) is 0 Å². The van der Waals surface area contributed by atoms with Crippen molar-refractivity contribution >= 4 is 65.6 Å². The summed E-state index contributed by atoms with van der Waals surface area (Å²) in [4.78, 5) is 45.1. The molecular weight excluding hydrogens is 687 g/mol. The van der Waals surface area contributed by atoms with Gasteiger partial charge in [0.15, 0.2) is 29.2 Å². The van der Waals surface area contributed by atoms with Crippen molar-refractivity contribution in [3.8, 4) is 0 Å². The van der Waals surface area contributed by atoms with E-state index < -0.39 is 76.0 Å². The molecule has 4 aromatic rings. The second-order valence-electron chi connectivity index (χ2n) is 9.95. The Bertz CT molecular complexity index is 2000. The number of nitrogens with one attached hydrogen (secondary N) is 1. The van der Waals surface area contributed by atoms with E-state index in [9.17, 15) is 14.3 Å². The molecule has 1 saturated heterocycles. The molecule has 16 nitrogen and oxygen atoms in total. The number of alkyl halides is 3. The summed E-state index contributed by atoms with van der Waals surface area (Å²) < 4.78 is 88.6. The Morgan fingerprint density at radius 1 is 1.27 bits per heavy atom. The van der Waals surface area contributed by atoms with Crippen LogP contribution in [0.5, 0.6) is 0 Å². The van der Waals surface area contributed by atoms with Crippen molar-refractivity contribution in [1.29, 1.82) is 0 Å². The number of pyridine rings is 1. The van der Waals surface area contributed by atoms with Crippen molar-refractivity contribution in [1.82, 2.24) is 34.1 Å². The number of H-pyrrole nitrogens is 1. The Morgan fingerprint density at radius 2 is 2.04 bits per heavy atom. The summed E-state index contributed by atoms with van der Waals surface area (Å²) in [5.41, 5.74) is -0.685. The fourth-order valence-corrected chi connectivity index (χ4v) is 7.22. The van der Waals surface area contributed by atoms with Gasteiger partial charge in [0.2, 0.25) is 5.69 Å². The van der Waals surface area contributed by atoms with E-state index in [1.165, 1.54) is 17.6 Å². The molecule has 1 fully saturated rings. The smallest absolute Gasteiger partial charge is 0.346 e. The van der Waals surface area contributed by atoms with Gasteiger partial charge in [0, 0.05) is 6.20 Å². The van der Waals surface area contributed by atoms with Crippen molar-refractivity contribution in [2.45, 2.75) is 50.6 Å². The number of hydrogen-bond acceptors (Lipinski definition) is 12. The molecule has 2 aliphatic rings. The number of aromatic nitrogens is 7. The molecule has 0 amide bonds. The van der Waals surface area contributed by atoms with Crippen LogP contribution in [0.3, 0.4) is 0 Å². The highest BCUT2D eigenvalue weighted by atomic mass is 32.7. The fourth-order valence-electron chi connectivity index (χ4n) is 4.75. The van der Waals surface area contributed by atoms with Crippen molar-refractivity contribution in [3.05, 3.63) is 52.0 Å². The average molecular weight is 709 g/mol. The Balaban J connectivity index is 1.40. The Labute approximate surface area is 260 Å². The van der Waals surface area contributed by atoms with Gasteiger partial charge < -0.3 is 28.2 Å². The summed E-state index contributed by atoms with van der Waals surface area (Å²) in [5, 5.41) is 0. The number of hydrogen-bond donors (Lipinski definition) is 3. The van der Waals surface area contributed by atoms with Crippen LogP contribution in [0, 0.1) is 13.5 Å². The summed E-state index contributed by atoms with van der Waals surface area (Å²) in [6, 6.07) is 1.30. The van der Waals surface area contributed by atoms with Crippen LogP contribution in [0.25, 0.3) is 27.2 Å². The van der Waals surface area contributed by atoms with E-state index in [0.717, 1.165) is 17.1 Å². The van der Waals surface area contributed by atoms with E-state index >= 15 is 13.2 Å². The number of imidazole rings is 2. The van der Waals surface area contributed by atoms with Crippen LogP contribution in [0.1, 0.15) is 17.9 Å². The first-order valence-corrected chi connectivity index (χ1v) is 18.0. The zero-order chi connectivity index (χ0) is 32.3. The minimum Gasteiger partial charge on any atom is -0.346 e. The largest absolute Gasteiger partial charge is 0.387 e. The lowest BCUT2D eigenvalue weighted by molar-refractivity contribution is -0.0643. The molecule has 0 aromatic carbocycles. The summed E-state index contributed by atoms with van der Waals surface area (Å²) in [6.07, 6.45) is -4.71. The van der Waals surface area contributed by atoms with Crippen LogP contribution in [0.15, 0.2) is 23.4 Å². The van der Waals surface area contributed by atoms with Crippen LogP contribution in [-0.2, 0) is 52.4 Å². The lowest BCUT2D eigenvalue weighted by atomic mass is 10.1. The van der Waals surface area contributed by atoms with Gasteiger partial charge in [-0.15, -0.1) is 0 Å². The van der Waals surface area contributed by atoms with Crippen molar-refractivity contribution in [2.75, 3.05) is 13.2 Å². The first kappa shape index (κ1) is 32.2. The third-order valence-electron chi connectivity index (χ3n) is 6.71. The number of rotatable bonds is 1. The van der Waals surface area contributed by atoms with Gasteiger partial charge in [0.25, 0.3) is 11.5 Å². The summed E-state index contributed by atoms with van der Waals surface area (Å²) in [7, 11) is 0. The first-order valence-electron chi connectivity index (χ1n) is 12.8. The quantitative estimate of drug-likeness (QED) is 0.149. The summed E-state index contributed by atoms with van der Waals surface area (Å²) in [6.45, 7) is -4.28. The van der Waals surface area contributed by atoms with Crippen molar-refractivity contribution in [3.63, 3.8) is 0 Å². The molecule has 6 heterocycles. The van der Waals surface area contributed by atoms with E-state index in [-0.39, 0.29) is 39.7 Å². The maximum atomic E-state index is 15.9. The van der Waals surface area contributed by atoms with Gasteiger partial charge in [-0.2, -0.15) is 0 Å². The Hall–Kier alpha value is -2.76. The van der Waals surface area contributed by atoms with Gasteiger partial charge in [-0.05, 0) is 24.8 Å². The summed E-state index contributed by atoms with van der Waals surface area (Å²) in [5.74, 6) is -3.73. The average Bonchev–Trinajstić information content (AvgIpc) is 3.63. The number of aryl methyl sites for hydroxylation is 1. The molecule has 240 valence electrons. The molecule has 23 heteroatoms. The molecule has 0 saturated carbocycles. The number of nitrogens with zero attached hydrogens (tertiary/aromatic N) is 7. The number of halogens is 3. The Morgan fingerprint density at radius 3 is 2.80 bits per heavy atom. The highest BCUT2D eigenvalue weighted by Crippen LogP contribution is 2.58. The molecule has 2 aliphatic heterocycles. The highest BCUT2D eigenvalue weighted by molar-refractivity contribution is 8.44. The molecule has 6 rings (SSSR count). The summed E-state index contributed by atoms with van der Waals surface area (Å²) >= 11 is 8.85. The van der Waals surface area contributed by atoms with E-state index in [4.69, 9.17) is 41.2 Å². The van der Waals surface area contributed by atoms with E-state index in [1.807, 2.05) is 0 Å². The minimum atomic E-state index is -4.54. The third kappa shape index (κ3) is 6.58. The van der Waals surface area contributed by atoms with Gasteiger partial charge in [-0.1, -0.05) is 12.2 Å². The lowest BCUT2D eigenvalue weighted by Gasteiger charge is -2.25. The van der Waals surface area contributed by atoms with Crippen LogP contribution in [0.2, 0.25) is 0 Å². The van der Waals surface area contributed by atoms with E-state index in [1.54, 1.807) is 0 Å². The topological polar surface area (TPSA) is 182 Å². The van der Waals surface area contributed by atoms with E-state index in [0.29, 0.717) is 0 Å². The zero-order valence-electron chi connectivity index (χ0n) is 22.7. The van der Waals surface area contributed by atoms with Gasteiger partial charge in [0.1, 0.15) is 37.1 Å². The predicted molar refractivity (Wildman–Crippen MR) is 155 cm³/mol. The fraction of sp³-hybridized carbons (Fsp3) is 0.455. The second-order valence-corrected chi connectivity index (χ2v) is 15.7. The molecule has 0 radical (unpaired) electrons. The normalized spacial score (nSPS) is 31.1. The molecule has 6 atom stereocenters. The SMILES string of the molecule is [C-]#[N+]c1cnc2c(c1)nc1n2CC(F)(F)COP(O)(=S)OC[C@H]2O[C@@H](n3cnc4c(=O)[nH]c(C)nc43)[C@H](OP(=O)(S)OC1)[C@@H]2F. The molecule has 0 spiro atoms. The monoisotopic (exact) mass is 708 g/mol. The van der Waals surface area contributed by atoms with Gasteiger partial charge >= 0.3 is 13.5 Å². The standard InChI is InChI=1S/C22H21F3N8O8P2S2/c1-10-29-19-16(20(34)30-10)28-9-33(19)21-17-15(23)13(40-21)5-37-42(35,44)39-8-22(24,25)7-32-14(6-38-43(36,45)41-17)31-12-3-11(26-2)4-27-18(12)32/h3-4,9,13,15,17,21H,5-8H2,1H3,(H,35,44)(H,36,45)(H,29,30,34)/t13-,15-,17-,21-,42?,43?/m1/s1. The molecule has 2 N–H and O–H groups in total. The third-order valence-corrected chi connectivity index (χ3v) is 9.87. The highest BCUT2D eigenvalue weighted by Gasteiger charge is 2.51. The van der Waals surface area contributed by atoms with Crippen LogP contribution in [0.4, 0.5) is 18.9 Å². The van der Waals surface area contributed by atoms with E-state index in [2.05, 4.69) is 42.0 Å². The molecule has 2 unspecified atom stereocenters. The van der Waals surface area contributed by atoms with Crippen LogP contribution in [-0.4, -0.2) is 76.5 Å². The van der Waals surface area contributed by atoms with Gasteiger partial charge in [-0.25, -0.2) is 42.5 Å². The molecule has 2 bridgehead atoms. The molecule has 45 heavy (non-hydrogen) atoms. The predicted octanol–water partition coefficient (Wildman–Crippen LogP) is 3.50. The lowest BCUT2D eigenvalue weighted by Crippen LogP contribution is -2.33. The second kappa shape index (κ2) is 11.8. The number of thiol groups is 1. The van der Waals surface area contributed by atoms with Crippen LogP contribution < -0.4 is 5.56 Å². The number of fused-ring (bicyclic) bond motifs is 6. The van der Waals surface area contributed by atoms with Crippen LogP contribution >= 0.6 is 25.8 Å². The Kier molecular flexibility index (Phi) is 8.44. The minimum absolute atomic E-state index is 0.0257. The van der Waals surface area contributed by atoms with Gasteiger partial charge in [-0.3, -0.25) is 18.4 Å².